The fourth-order valence-corrected chi connectivity index (χ4v) is 2.11. The number of furan rings is 1. The molecule has 0 atom stereocenters. The van der Waals surface area contributed by atoms with Gasteiger partial charge < -0.3 is 4.42 Å². The van der Waals surface area contributed by atoms with Crippen molar-refractivity contribution in [1.82, 2.24) is 0 Å². The van der Waals surface area contributed by atoms with Crippen molar-refractivity contribution >= 4 is 16.8 Å². The summed E-state index contributed by atoms with van der Waals surface area (Å²) in [5.74, 6) is 0.522. The first-order chi connectivity index (χ1) is 8.91. The van der Waals surface area contributed by atoms with Crippen molar-refractivity contribution in [2.24, 2.45) is 5.41 Å². The van der Waals surface area contributed by atoms with E-state index in [0.29, 0.717) is 5.76 Å². The maximum Gasteiger partial charge on any atom is 0.203 e. The molecular weight excluding hydrogens is 236 g/mol. The first-order valence-electron chi connectivity index (χ1n) is 6.99. The van der Waals surface area contributed by atoms with Gasteiger partial charge in [0.1, 0.15) is 5.58 Å². The van der Waals surface area contributed by atoms with Gasteiger partial charge in [-0.25, -0.2) is 0 Å². The van der Waals surface area contributed by atoms with Crippen LogP contribution in [0.2, 0.25) is 0 Å². The van der Waals surface area contributed by atoms with E-state index in [1.807, 2.05) is 32.9 Å². The van der Waals surface area contributed by atoms with E-state index < -0.39 is 5.41 Å². The van der Waals surface area contributed by atoms with Gasteiger partial charge in [-0.15, -0.1) is 0 Å². The Morgan fingerprint density at radius 2 is 1.95 bits per heavy atom. The molecule has 0 bridgehead atoms. The minimum Gasteiger partial charge on any atom is -0.453 e. The number of Topliss-reactive ketones (excluding diaryl/α,β-unsaturated/α-hetero) is 1. The molecule has 0 aliphatic rings. The van der Waals surface area contributed by atoms with Gasteiger partial charge in [0.2, 0.25) is 5.78 Å². The fraction of sp³-hybridized carbons (Fsp3) is 0.471. The molecule has 0 N–H and O–H groups in total. The molecule has 2 rings (SSSR count). The average Bonchev–Trinajstić information content (AvgIpc) is 2.76. The summed E-state index contributed by atoms with van der Waals surface area (Å²) in [5.41, 5.74) is 1.71. The molecule has 0 aliphatic heterocycles. The number of hydrogen-bond acceptors (Lipinski definition) is 2. The normalized spacial score (nSPS) is 12.0. The van der Waals surface area contributed by atoms with Gasteiger partial charge in [0, 0.05) is 10.8 Å². The molecule has 0 unspecified atom stereocenters. The molecule has 2 heteroatoms. The van der Waals surface area contributed by atoms with Gasteiger partial charge in [0.25, 0.3) is 0 Å². The van der Waals surface area contributed by atoms with Crippen molar-refractivity contribution in [3.63, 3.8) is 0 Å². The topological polar surface area (TPSA) is 30.2 Å². The standard InChI is InChI=1S/C17H22O2/c1-5-6-7-12-8-9-14-13(10-12)11-15(19-14)16(18)17(2,3)4/h8-11H,5-7H2,1-4H3. The summed E-state index contributed by atoms with van der Waals surface area (Å²) < 4.78 is 5.67. The van der Waals surface area contributed by atoms with Crippen LogP contribution in [0.4, 0.5) is 0 Å². The number of carbonyl (C=O) groups excluding carboxylic acids is 1. The summed E-state index contributed by atoms with van der Waals surface area (Å²) in [6.07, 6.45) is 3.47. The van der Waals surface area contributed by atoms with Crippen LogP contribution in [0.25, 0.3) is 11.0 Å². The van der Waals surface area contributed by atoms with Crippen molar-refractivity contribution < 1.29 is 9.21 Å². The first kappa shape index (κ1) is 13.9. The number of hydrogen-bond donors (Lipinski definition) is 0. The number of unbranched alkanes of at least 4 members (excludes halogenated alkanes) is 1. The zero-order valence-electron chi connectivity index (χ0n) is 12.2. The van der Waals surface area contributed by atoms with Gasteiger partial charge >= 0.3 is 0 Å². The Morgan fingerprint density at radius 3 is 2.58 bits per heavy atom. The quantitative estimate of drug-likeness (QED) is 0.722. The Balaban J connectivity index is 2.33. The largest absolute Gasteiger partial charge is 0.453 e. The van der Waals surface area contributed by atoms with Crippen LogP contribution in [0.3, 0.4) is 0 Å². The smallest absolute Gasteiger partial charge is 0.203 e. The highest BCUT2D eigenvalue weighted by Crippen LogP contribution is 2.27. The maximum absolute atomic E-state index is 12.2. The number of aryl methyl sites for hydroxylation is 1. The van der Waals surface area contributed by atoms with Crippen LogP contribution in [0.1, 0.15) is 56.7 Å². The summed E-state index contributed by atoms with van der Waals surface area (Å²) in [4.78, 5) is 12.2. The number of rotatable bonds is 4. The molecule has 0 aliphatic carbocycles. The molecule has 102 valence electrons. The van der Waals surface area contributed by atoms with E-state index in [0.717, 1.165) is 17.4 Å². The SMILES string of the molecule is CCCCc1ccc2oc(C(=O)C(C)(C)C)cc2c1. The minimum atomic E-state index is -0.404. The van der Waals surface area contributed by atoms with Gasteiger partial charge in [0.15, 0.2) is 5.76 Å². The average molecular weight is 258 g/mol. The first-order valence-corrected chi connectivity index (χ1v) is 6.99. The summed E-state index contributed by atoms with van der Waals surface area (Å²) in [6, 6.07) is 8.07. The Labute approximate surface area is 114 Å². The predicted octanol–water partition coefficient (Wildman–Crippen LogP) is 5.00. The number of fused-ring (bicyclic) bond motifs is 1. The minimum absolute atomic E-state index is 0.0545. The molecule has 2 aromatic rings. The second kappa shape index (κ2) is 5.20. The lowest BCUT2D eigenvalue weighted by atomic mass is 9.89. The number of ketones is 1. The highest BCUT2D eigenvalue weighted by atomic mass is 16.3. The zero-order chi connectivity index (χ0) is 14.0. The Morgan fingerprint density at radius 1 is 1.21 bits per heavy atom. The second-order valence-electron chi connectivity index (χ2n) is 6.17. The summed E-state index contributed by atoms with van der Waals surface area (Å²) in [6.45, 7) is 7.93. The lowest BCUT2D eigenvalue weighted by Gasteiger charge is -2.13. The van der Waals surface area contributed by atoms with Crippen LogP contribution >= 0.6 is 0 Å². The monoisotopic (exact) mass is 258 g/mol. The van der Waals surface area contributed by atoms with Crippen LogP contribution in [0, 0.1) is 5.41 Å². The van der Waals surface area contributed by atoms with E-state index in [4.69, 9.17) is 4.42 Å². The molecule has 1 aromatic carbocycles. The van der Waals surface area contributed by atoms with Crippen LogP contribution < -0.4 is 0 Å². The van der Waals surface area contributed by atoms with E-state index in [9.17, 15) is 4.79 Å². The lowest BCUT2D eigenvalue weighted by molar-refractivity contribution is 0.0831. The predicted molar refractivity (Wildman–Crippen MR) is 78.6 cm³/mol. The highest BCUT2D eigenvalue weighted by Gasteiger charge is 2.26. The Hall–Kier alpha value is -1.57. The third kappa shape index (κ3) is 3.06. The van der Waals surface area contributed by atoms with Crippen molar-refractivity contribution in [1.29, 1.82) is 0 Å². The van der Waals surface area contributed by atoms with Gasteiger partial charge in [-0.1, -0.05) is 40.2 Å². The third-order valence-corrected chi connectivity index (χ3v) is 3.30. The molecule has 0 saturated carbocycles. The van der Waals surface area contributed by atoms with Gasteiger partial charge in [0.05, 0.1) is 0 Å². The van der Waals surface area contributed by atoms with Crippen molar-refractivity contribution in [2.45, 2.75) is 47.0 Å². The summed E-state index contributed by atoms with van der Waals surface area (Å²) >= 11 is 0. The molecule has 0 spiro atoms. The molecule has 0 radical (unpaired) electrons. The fourth-order valence-electron chi connectivity index (χ4n) is 2.11. The van der Waals surface area contributed by atoms with Crippen molar-refractivity contribution in [2.75, 3.05) is 0 Å². The van der Waals surface area contributed by atoms with Crippen LogP contribution in [-0.2, 0) is 6.42 Å². The van der Waals surface area contributed by atoms with Crippen LogP contribution in [0.15, 0.2) is 28.7 Å². The van der Waals surface area contributed by atoms with Gasteiger partial charge in [-0.05, 0) is 36.6 Å². The molecule has 1 heterocycles. The van der Waals surface area contributed by atoms with E-state index >= 15 is 0 Å². The highest BCUT2D eigenvalue weighted by molar-refractivity contribution is 6.00. The molecular formula is C17H22O2. The van der Waals surface area contributed by atoms with E-state index in [1.165, 1.54) is 18.4 Å². The summed E-state index contributed by atoms with van der Waals surface area (Å²) in [7, 11) is 0. The summed E-state index contributed by atoms with van der Waals surface area (Å²) in [5, 5.41) is 1.03. The van der Waals surface area contributed by atoms with Crippen molar-refractivity contribution in [3.8, 4) is 0 Å². The van der Waals surface area contributed by atoms with Gasteiger partial charge in [-0.3, -0.25) is 4.79 Å². The molecule has 0 saturated heterocycles. The molecule has 0 fully saturated rings. The molecule has 0 amide bonds. The lowest BCUT2D eigenvalue weighted by Crippen LogP contribution is -2.19. The zero-order valence-corrected chi connectivity index (χ0v) is 12.2. The maximum atomic E-state index is 12.2. The third-order valence-electron chi connectivity index (χ3n) is 3.30. The second-order valence-corrected chi connectivity index (χ2v) is 6.17. The van der Waals surface area contributed by atoms with Crippen molar-refractivity contribution in [3.05, 3.63) is 35.6 Å². The van der Waals surface area contributed by atoms with E-state index in [1.54, 1.807) is 0 Å². The molecule has 19 heavy (non-hydrogen) atoms. The molecule has 1 aromatic heterocycles. The van der Waals surface area contributed by atoms with E-state index in [2.05, 4.69) is 19.1 Å². The molecule has 2 nitrogen and oxygen atoms in total. The Bertz CT molecular complexity index is 585. The van der Waals surface area contributed by atoms with Crippen LogP contribution in [0.5, 0.6) is 0 Å². The Kier molecular flexibility index (Phi) is 3.79. The van der Waals surface area contributed by atoms with E-state index in [-0.39, 0.29) is 5.78 Å². The van der Waals surface area contributed by atoms with Gasteiger partial charge in [-0.2, -0.15) is 0 Å². The number of carbonyl (C=O) groups is 1. The van der Waals surface area contributed by atoms with Crippen LogP contribution in [-0.4, -0.2) is 5.78 Å². The number of benzene rings is 1.